The van der Waals surface area contributed by atoms with Crippen molar-refractivity contribution < 1.29 is 19.5 Å². The number of para-hydroxylation sites is 1. The highest BCUT2D eigenvalue weighted by Crippen LogP contribution is 2.48. The minimum Gasteiger partial charge on any atom is -0.393 e. The first-order valence-corrected chi connectivity index (χ1v) is 11.7. The highest BCUT2D eigenvalue weighted by Gasteiger charge is 2.56. The number of amides is 3. The zero-order valence-electron chi connectivity index (χ0n) is 19.0. The maximum Gasteiger partial charge on any atom is 0.269 e. The number of aromatic nitrogens is 2. The van der Waals surface area contributed by atoms with Gasteiger partial charge in [0.05, 0.1) is 11.6 Å². The third-order valence-electron chi connectivity index (χ3n) is 7.36. The third kappa shape index (κ3) is 4.10. The van der Waals surface area contributed by atoms with E-state index in [9.17, 15) is 19.5 Å². The SMILES string of the molecule is CC1(C)CC(NC(=O)[C@@H]2C[C@H]3C[C@H]3N2C(=O)Cn2nc(C(N)=O)c3ccccc32)C[C@H](O)C1. The fourth-order valence-corrected chi connectivity index (χ4v) is 5.98. The van der Waals surface area contributed by atoms with Crippen LogP contribution >= 0.6 is 0 Å². The quantitative estimate of drug-likeness (QED) is 0.626. The number of nitrogens with zero attached hydrogens (tertiary/aromatic N) is 3. The number of piperidine rings is 1. The summed E-state index contributed by atoms with van der Waals surface area (Å²) in [6.07, 6.45) is 3.21. The summed E-state index contributed by atoms with van der Waals surface area (Å²) < 4.78 is 1.50. The summed E-state index contributed by atoms with van der Waals surface area (Å²) in [5, 5.41) is 18.2. The van der Waals surface area contributed by atoms with E-state index in [4.69, 9.17) is 5.73 Å². The van der Waals surface area contributed by atoms with Gasteiger partial charge in [0.25, 0.3) is 5.91 Å². The summed E-state index contributed by atoms with van der Waals surface area (Å²) in [4.78, 5) is 40.1. The van der Waals surface area contributed by atoms with E-state index >= 15 is 0 Å². The summed E-state index contributed by atoms with van der Waals surface area (Å²) in [6, 6.07) is 6.64. The summed E-state index contributed by atoms with van der Waals surface area (Å²) in [5.41, 5.74) is 6.23. The lowest BCUT2D eigenvalue weighted by Gasteiger charge is -2.39. The Bertz CT molecular complexity index is 1130. The zero-order chi connectivity index (χ0) is 23.5. The van der Waals surface area contributed by atoms with Crippen LogP contribution in [0.2, 0.25) is 0 Å². The highest BCUT2D eigenvalue weighted by atomic mass is 16.3. The number of nitrogens with one attached hydrogen (secondary N) is 1. The van der Waals surface area contributed by atoms with Crippen LogP contribution in [0.25, 0.3) is 10.9 Å². The van der Waals surface area contributed by atoms with Gasteiger partial charge in [-0.05, 0) is 49.5 Å². The number of likely N-dealkylation sites (tertiary alicyclic amines) is 1. The van der Waals surface area contributed by atoms with Crippen molar-refractivity contribution in [2.24, 2.45) is 17.1 Å². The van der Waals surface area contributed by atoms with Crippen LogP contribution in [0.1, 0.15) is 56.4 Å². The standard InChI is InChI=1S/C24H31N5O4/c1-24(2)10-14(9-15(30)11-24)26-23(33)19-8-13-7-18(13)29(19)20(31)12-28-17-6-4-3-5-16(17)21(27-28)22(25)32/h3-6,13-15,18-19,30H,7-12H2,1-2H3,(H2,25,32)(H,26,33)/t13-,14?,15+,18-,19+/m1/s1. The Kier molecular flexibility index (Phi) is 5.19. The molecule has 1 aromatic carbocycles. The molecule has 0 spiro atoms. The molecule has 9 heteroatoms. The van der Waals surface area contributed by atoms with Crippen molar-refractivity contribution in [2.45, 2.75) is 76.7 Å². The number of hydrogen-bond acceptors (Lipinski definition) is 5. The predicted molar refractivity (Wildman–Crippen MR) is 121 cm³/mol. The first-order chi connectivity index (χ1) is 15.6. The normalized spacial score (nSPS) is 30.2. The largest absolute Gasteiger partial charge is 0.393 e. The van der Waals surface area contributed by atoms with Crippen LogP contribution in [0.3, 0.4) is 0 Å². The second kappa shape index (κ2) is 7.83. The van der Waals surface area contributed by atoms with E-state index in [1.807, 2.05) is 6.07 Å². The summed E-state index contributed by atoms with van der Waals surface area (Å²) in [6.45, 7) is 4.14. The maximum absolute atomic E-state index is 13.4. The number of primary amides is 1. The van der Waals surface area contributed by atoms with Gasteiger partial charge < -0.3 is 21.1 Å². The van der Waals surface area contributed by atoms with Gasteiger partial charge in [0.15, 0.2) is 5.69 Å². The molecule has 5 atom stereocenters. The van der Waals surface area contributed by atoms with Gasteiger partial charge in [0, 0.05) is 17.5 Å². The van der Waals surface area contributed by atoms with Crippen molar-refractivity contribution in [3.8, 4) is 0 Å². The summed E-state index contributed by atoms with van der Waals surface area (Å²) >= 11 is 0. The predicted octanol–water partition coefficient (Wildman–Crippen LogP) is 1.18. The van der Waals surface area contributed by atoms with Gasteiger partial charge in [-0.3, -0.25) is 19.1 Å². The van der Waals surface area contributed by atoms with E-state index in [0.29, 0.717) is 29.7 Å². The van der Waals surface area contributed by atoms with E-state index in [1.54, 1.807) is 23.1 Å². The second-order valence-corrected chi connectivity index (χ2v) is 10.7. The van der Waals surface area contributed by atoms with Gasteiger partial charge in [-0.1, -0.05) is 32.0 Å². The molecule has 3 fully saturated rings. The number of hydrogen-bond donors (Lipinski definition) is 3. The summed E-state index contributed by atoms with van der Waals surface area (Å²) in [5.74, 6) is -0.619. The Morgan fingerprint density at radius 1 is 1.18 bits per heavy atom. The maximum atomic E-state index is 13.4. The van der Waals surface area contributed by atoms with Crippen molar-refractivity contribution >= 4 is 28.6 Å². The van der Waals surface area contributed by atoms with Crippen LogP contribution in [0, 0.1) is 11.3 Å². The van der Waals surface area contributed by atoms with Crippen molar-refractivity contribution in [2.75, 3.05) is 0 Å². The second-order valence-electron chi connectivity index (χ2n) is 10.7. The molecule has 3 amide bonds. The Hall–Kier alpha value is -2.94. The average Bonchev–Trinajstić information content (AvgIpc) is 3.22. The van der Waals surface area contributed by atoms with Crippen LogP contribution in [-0.4, -0.2) is 61.7 Å². The number of fused-ring (bicyclic) bond motifs is 2. The van der Waals surface area contributed by atoms with E-state index in [-0.39, 0.29) is 41.6 Å². The molecule has 4 N–H and O–H groups in total. The van der Waals surface area contributed by atoms with Gasteiger partial charge in [0.1, 0.15) is 12.6 Å². The number of aliphatic hydroxyl groups excluding tert-OH is 1. The molecular formula is C24H31N5O4. The Labute approximate surface area is 192 Å². The van der Waals surface area contributed by atoms with E-state index in [2.05, 4.69) is 24.3 Å². The lowest BCUT2D eigenvalue weighted by Crippen LogP contribution is -2.53. The molecule has 9 nitrogen and oxygen atoms in total. The van der Waals surface area contributed by atoms with Crippen LogP contribution in [0.15, 0.2) is 24.3 Å². The van der Waals surface area contributed by atoms with Gasteiger partial charge >= 0.3 is 0 Å². The Morgan fingerprint density at radius 2 is 1.94 bits per heavy atom. The van der Waals surface area contributed by atoms with Crippen molar-refractivity contribution in [1.82, 2.24) is 20.0 Å². The molecule has 176 valence electrons. The molecule has 2 saturated carbocycles. The van der Waals surface area contributed by atoms with Gasteiger partial charge in [-0.15, -0.1) is 0 Å². The monoisotopic (exact) mass is 453 g/mol. The highest BCUT2D eigenvalue weighted by molar-refractivity contribution is 6.04. The Morgan fingerprint density at radius 3 is 2.67 bits per heavy atom. The first-order valence-electron chi connectivity index (χ1n) is 11.7. The van der Waals surface area contributed by atoms with Crippen molar-refractivity contribution in [3.63, 3.8) is 0 Å². The van der Waals surface area contributed by atoms with Gasteiger partial charge in [0.2, 0.25) is 11.8 Å². The molecule has 1 aliphatic heterocycles. The molecule has 33 heavy (non-hydrogen) atoms. The van der Waals surface area contributed by atoms with Crippen LogP contribution in [0.5, 0.6) is 0 Å². The fraction of sp³-hybridized carbons (Fsp3) is 0.583. The molecule has 1 unspecified atom stereocenters. The number of carbonyl (C=O) groups excluding carboxylic acids is 3. The number of benzene rings is 1. The smallest absolute Gasteiger partial charge is 0.269 e. The fourth-order valence-electron chi connectivity index (χ4n) is 5.98. The zero-order valence-corrected chi connectivity index (χ0v) is 19.0. The van der Waals surface area contributed by atoms with Crippen molar-refractivity contribution in [1.29, 1.82) is 0 Å². The molecule has 2 aromatic rings. The lowest BCUT2D eigenvalue weighted by atomic mass is 9.73. The van der Waals surface area contributed by atoms with Gasteiger partial charge in [-0.25, -0.2) is 0 Å². The van der Waals surface area contributed by atoms with E-state index in [0.717, 1.165) is 19.3 Å². The number of carbonyl (C=O) groups is 3. The molecule has 3 aliphatic rings. The number of aliphatic hydroxyl groups is 1. The lowest BCUT2D eigenvalue weighted by molar-refractivity contribution is -0.141. The average molecular weight is 454 g/mol. The van der Waals surface area contributed by atoms with Crippen LogP contribution < -0.4 is 11.1 Å². The van der Waals surface area contributed by atoms with Crippen molar-refractivity contribution in [3.05, 3.63) is 30.0 Å². The minimum absolute atomic E-state index is 0.0395. The van der Waals surface area contributed by atoms with Gasteiger partial charge in [-0.2, -0.15) is 5.10 Å². The molecule has 0 radical (unpaired) electrons. The topological polar surface area (TPSA) is 131 Å². The van der Waals surface area contributed by atoms with E-state index < -0.39 is 18.1 Å². The third-order valence-corrected chi connectivity index (χ3v) is 7.36. The minimum atomic E-state index is -0.643. The molecule has 2 aliphatic carbocycles. The first kappa shape index (κ1) is 21.9. The molecule has 0 bridgehead atoms. The summed E-state index contributed by atoms with van der Waals surface area (Å²) in [7, 11) is 0. The van der Waals surface area contributed by atoms with Crippen LogP contribution in [-0.2, 0) is 16.1 Å². The molecular weight excluding hydrogens is 422 g/mol. The number of nitrogens with two attached hydrogens (primary N) is 1. The molecule has 5 rings (SSSR count). The van der Waals surface area contributed by atoms with Crippen LogP contribution in [0.4, 0.5) is 0 Å². The molecule has 2 heterocycles. The molecule has 1 aromatic heterocycles. The Balaban J connectivity index is 1.33. The number of rotatable bonds is 5. The van der Waals surface area contributed by atoms with E-state index in [1.165, 1.54) is 4.68 Å². The molecule has 1 saturated heterocycles.